The van der Waals surface area contributed by atoms with Crippen LogP contribution in [0.25, 0.3) is 6.08 Å². The first-order valence-electron chi connectivity index (χ1n) is 9.47. The number of nitrogens with zero attached hydrogens (tertiary/aromatic N) is 1. The Balaban J connectivity index is 1.65. The molecule has 0 saturated carbocycles. The van der Waals surface area contributed by atoms with E-state index in [0.717, 1.165) is 26.0 Å². The summed E-state index contributed by atoms with van der Waals surface area (Å²) < 4.78 is 6.84. The molecule has 150 valence electrons. The van der Waals surface area contributed by atoms with Crippen molar-refractivity contribution in [3.8, 4) is 11.8 Å². The Morgan fingerprint density at radius 2 is 1.83 bits per heavy atom. The lowest BCUT2D eigenvalue weighted by Crippen LogP contribution is -2.23. The number of ether oxygens (including phenoxy) is 1. The van der Waals surface area contributed by atoms with Gasteiger partial charge in [-0.2, -0.15) is 5.26 Å². The van der Waals surface area contributed by atoms with Crippen LogP contribution in [-0.4, -0.2) is 5.91 Å². The summed E-state index contributed by atoms with van der Waals surface area (Å²) in [5, 5.41) is 12.2. The zero-order chi connectivity index (χ0) is 21.3. The van der Waals surface area contributed by atoms with Crippen molar-refractivity contribution in [3.63, 3.8) is 0 Å². The molecule has 3 aromatic rings. The minimum atomic E-state index is -0.392. The normalized spacial score (nSPS) is 10.9. The van der Waals surface area contributed by atoms with Gasteiger partial charge in [-0.25, -0.2) is 0 Å². The van der Waals surface area contributed by atoms with Crippen LogP contribution in [0.5, 0.6) is 5.75 Å². The predicted molar refractivity (Wildman–Crippen MR) is 127 cm³/mol. The molecule has 0 aliphatic heterocycles. The van der Waals surface area contributed by atoms with Crippen LogP contribution in [0, 0.1) is 21.8 Å². The van der Waals surface area contributed by atoms with E-state index in [1.165, 1.54) is 5.56 Å². The molecule has 30 heavy (non-hydrogen) atoms. The molecule has 1 N–H and O–H groups in total. The highest BCUT2D eigenvalue weighted by Gasteiger charge is 2.10. The van der Waals surface area contributed by atoms with Crippen molar-refractivity contribution >= 4 is 34.6 Å². The lowest BCUT2D eigenvalue weighted by Gasteiger charge is -2.10. The number of halogens is 1. The van der Waals surface area contributed by atoms with Gasteiger partial charge in [0.25, 0.3) is 5.91 Å². The number of amides is 1. The lowest BCUT2D eigenvalue weighted by atomic mass is 10.1. The zero-order valence-corrected chi connectivity index (χ0v) is 18.7. The van der Waals surface area contributed by atoms with Gasteiger partial charge in [0.2, 0.25) is 0 Å². The number of hydrogen-bond donors (Lipinski definition) is 1. The number of carbonyl (C=O) groups excluding carboxylic acids is 1. The van der Waals surface area contributed by atoms with Crippen molar-refractivity contribution < 1.29 is 9.53 Å². The molecule has 0 aliphatic rings. The maximum absolute atomic E-state index is 12.4. The van der Waals surface area contributed by atoms with Gasteiger partial charge in [-0.15, -0.1) is 0 Å². The second-order valence-electron chi connectivity index (χ2n) is 6.81. The molecular formula is C25H21IN2O2. The number of nitrogens with one attached hydrogen (secondary N) is 1. The fourth-order valence-electron chi connectivity index (χ4n) is 2.88. The first-order valence-corrected chi connectivity index (χ1v) is 10.5. The SMILES string of the molecule is Cc1cccc(COc2ccc(/C=C(/C#N)C(=O)NCc3ccccc3)cc2I)c1. The lowest BCUT2D eigenvalue weighted by molar-refractivity contribution is -0.117. The molecule has 0 aliphatic carbocycles. The second kappa shape index (κ2) is 10.6. The summed E-state index contributed by atoms with van der Waals surface area (Å²) in [5.74, 6) is 0.373. The average Bonchev–Trinajstić information content (AvgIpc) is 2.76. The van der Waals surface area contributed by atoms with E-state index >= 15 is 0 Å². The first kappa shape index (κ1) is 21.6. The molecule has 0 saturated heterocycles. The minimum Gasteiger partial charge on any atom is -0.488 e. The molecule has 0 heterocycles. The van der Waals surface area contributed by atoms with Crippen LogP contribution < -0.4 is 10.1 Å². The molecule has 4 nitrogen and oxygen atoms in total. The Hall–Kier alpha value is -3.11. The van der Waals surface area contributed by atoms with Crippen LogP contribution in [0.15, 0.2) is 78.4 Å². The fraction of sp³-hybridized carbons (Fsp3) is 0.120. The molecule has 0 spiro atoms. The molecule has 0 aromatic heterocycles. The fourth-order valence-corrected chi connectivity index (χ4v) is 3.57. The average molecular weight is 508 g/mol. The van der Waals surface area contributed by atoms with E-state index in [1.54, 1.807) is 6.08 Å². The van der Waals surface area contributed by atoms with Crippen molar-refractivity contribution in [2.75, 3.05) is 0 Å². The van der Waals surface area contributed by atoms with Crippen LogP contribution in [0.1, 0.15) is 22.3 Å². The summed E-state index contributed by atoms with van der Waals surface area (Å²) in [4.78, 5) is 12.4. The quantitative estimate of drug-likeness (QED) is 0.264. The Morgan fingerprint density at radius 1 is 1.07 bits per heavy atom. The molecule has 0 atom stereocenters. The van der Waals surface area contributed by atoms with Crippen LogP contribution in [0.3, 0.4) is 0 Å². The van der Waals surface area contributed by atoms with Gasteiger partial charge in [0.15, 0.2) is 0 Å². The number of carbonyl (C=O) groups is 1. The van der Waals surface area contributed by atoms with Crippen molar-refractivity contribution in [1.82, 2.24) is 5.32 Å². The second-order valence-corrected chi connectivity index (χ2v) is 7.97. The van der Waals surface area contributed by atoms with Gasteiger partial charge in [0, 0.05) is 6.54 Å². The van der Waals surface area contributed by atoms with E-state index in [0.29, 0.717) is 13.2 Å². The number of benzene rings is 3. The summed E-state index contributed by atoms with van der Waals surface area (Å²) in [6, 6.07) is 25.4. The van der Waals surface area contributed by atoms with Crippen LogP contribution in [-0.2, 0) is 17.9 Å². The summed E-state index contributed by atoms with van der Waals surface area (Å²) in [6.45, 7) is 2.91. The molecule has 1 amide bonds. The summed E-state index contributed by atoms with van der Waals surface area (Å²) >= 11 is 2.20. The molecular weight excluding hydrogens is 487 g/mol. The number of aryl methyl sites for hydroxylation is 1. The van der Waals surface area contributed by atoms with Gasteiger partial charge in [0.05, 0.1) is 3.57 Å². The van der Waals surface area contributed by atoms with Crippen LogP contribution in [0.2, 0.25) is 0 Å². The number of hydrogen-bond acceptors (Lipinski definition) is 3. The first-order chi connectivity index (χ1) is 14.5. The molecule has 3 aromatic carbocycles. The van der Waals surface area contributed by atoms with E-state index in [4.69, 9.17) is 4.74 Å². The Labute approximate surface area is 190 Å². The summed E-state index contributed by atoms with van der Waals surface area (Å²) in [6.07, 6.45) is 1.59. The largest absolute Gasteiger partial charge is 0.488 e. The van der Waals surface area contributed by atoms with E-state index in [9.17, 15) is 10.1 Å². The van der Waals surface area contributed by atoms with Gasteiger partial charge in [-0.3, -0.25) is 4.79 Å². The third-order valence-electron chi connectivity index (χ3n) is 4.40. The molecule has 5 heteroatoms. The highest BCUT2D eigenvalue weighted by atomic mass is 127. The highest BCUT2D eigenvalue weighted by molar-refractivity contribution is 14.1. The molecule has 3 rings (SSSR count). The van der Waals surface area contributed by atoms with E-state index in [-0.39, 0.29) is 5.57 Å². The molecule has 0 unspecified atom stereocenters. The van der Waals surface area contributed by atoms with Gasteiger partial charge in [-0.05, 0) is 64.4 Å². The minimum absolute atomic E-state index is 0.0650. The smallest absolute Gasteiger partial charge is 0.262 e. The van der Waals surface area contributed by atoms with Crippen molar-refractivity contribution in [2.24, 2.45) is 0 Å². The molecule has 0 bridgehead atoms. The van der Waals surface area contributed by atoms with Gasteiger partial charge in [-0.1, -0.05) is 66.2 Å². The Kier molecular flexibility index (Phi) is 7.63. The maximum Gasteiger partial charge on any atom is 0.262 e. The van der Waals surface area contributed by atoms with E-state index in [2.05, 4.69) is 47.0 Å². The van der Waals surface area contributed by atoms with Crippen LogP contribution in [0.4, 0.5) is 0 Å². The summed E-state index contributed by atoms with van der Waals surface area (Å²) in [7, 11) is 0. The topological polar surface area (TPSA) is 62.1 Å². The monoisotopic (exact) mass is 508 g/mol. The Bertz CT molecular complexity index is 1100. The third kappa shape index (κ3) is 6.19. The predicted octanol–water partition coefficient (Wildman–Crippen LogP) is 5.40. The maximum atomic E-state index is 12.4. The highest BCUT2D eigenvalue weighted by Crippen LogP contribution is 2.24. The van der Waals surface area contributed by atoms with Crippen molar-refractivity contribution in [3.05, 3.63) is 104 Å². The molecule has 0 radical (unpaired) electrons. The number of rotatable bonds is 7. The van der Waals surface area contributed by atoms with Crippen LogP contribution >= 0.6 is 22.6 Å². The van der Waals surface area contributed by atoms with Crippen molar-refractivity contribution in [1.29, 1.82) is 5.26 Å². The number of nitriles is 1. The van der Waals surface area contributed by atoms with E-state index < -0.39 is 5.91 Å². The van der Waals surface area contributed by atoms with Gasteiger partial charge < -0.3 is 10.1 Å². The summed E-state index contributed by atoms with van der Waals surface area (Å²) in [5.41, 5.74) is 4.12. The van der Waals surface area contributed by atoms with E-state index in [1.807, 2.05) is 66.7 Å². The standard InChI is InChI=1S/C25H21IN2O2/c1-18-6-5-9-21(12-18)17-30-24-11-10-20(14-23(24)26)13-22(15-27)25(29)28-16-19-7-3-2-4-8-19/h2-14H,16-17H2,1H3,(H,28,29)/b22-13-. The zero-order valence-electron chi connectivity index (χ0n) is 16.6. The van der Waals surface area contributed by atoms with Gasteiger partial charge >= 0.3 is 0 Å². The molecule has 0 fully saturated rings. The van der Waals surface area contributed by atoms with Crippen molar-refractivity contribution in [2.45, 2.75) is 20.1 Å². The third-order valence-corrected chi connectivity index (χ3v) is 5.25. The van der Waals surface area contributed by atoms with Gasteiger partial charge in [0.1, 0.15) is 24.0 Å². The Morgan fingerprint density at radius 3 is 2.53 bits per heavy atom.